The summed E-state index contributed by atoms with van der Waals surface area (Å²) in [5.74, 6) is -0.382. The molecule has 0 aliphatic carbocycles. The number of nitrogens with zero attached hydrogens (tertiary/aromatic N) is 2. The van der Waals surface area contributed by atoms with Crippen LogP contribution in [0.5, 0.6) is 0 Å². The minimum Gasteiger partial charge on any atom is -1.00 e. The van der Waals surface area contributed by atoms with Crippen LogP contribution in [0, 0.1) is 0 Å². The molecule has 0 aromatic heterocycles. The number of amides is 2. The highest BCUT2D eigenvalue weighted by molar-refractivity contribution is 7.92. The molecule has 1 aromatic rings. The molecule has 110 valence electrons. The molecule has 0 radical (unpaired) electrons. The summed E-state index contributed by atoms with van der Waals surface area (Å²) in [6.07, 6.45) is 0. The topological polar surface area (TPSA) is 37.4 Å². The van der Waals surface area contributed by atoms with E-state index in [1.165, 1.54) is 16.4 Å². The summed E-state index contributed by atoms with van der Waals surface area (Å²) in [6, 6.07) is 7.02. The van der Waals surface area contributed by atoms with Crippen molar-refractivity contribution in [3.63, 3.8) is 0 Å². The molecular weight excluding hydrogens is 296 g/mol. The van der Waals surface area contributed by atoms with Crippen LogP contribution in [0.4, 0.5) is 0 Å². The lowest BCUT2D eigenvalue weighted by Gasteiger charge is -2.33. The highest BCUT2D eigenvalue weighted by Crippen LogP contribution is 2.34. The minimum absolute atomic E-state index is 0. The maximum absolute atomic E-state index is 12.3. The van der Waals surface area contributed by atoms with E-state index in [1.807, 2.05) is 0 Å². The van der Waals surface area contributed by atoms with E-state index in [0.717, 1.165) is 19.6 Å². The van der Waals surface area contributed by atoms with Crippen molar-refractivity contribution in [3.05, 3.63) is 35.4 Å². The molecule has 4 nitrogen and oxygen atoms in total. The minimum atomic E-state index is -0.191. The first-order valence-electron chi connectivity index (χ1n) is 6.62. The molecule has 0 atom stereocenters. The van der Waals surface area contributed by atoms with Crippen molar-refractivity contribution in [2.75, 3.05) is 19.6 Å². The van der Waals surface area contributed by atoms with Crippen LogP contribution in [0.25, 0.3) is 0 Å². The van der Waals surface area contributed by atoms with Gasteiger partial charge in [-0.1, -0.05) is 12.1 Å². The van der Waals surface area contributed by atoms with Crippen LogP contribution in [0.2, 0.25) is 0 Å². The number of imide groups is 1. The second-order valence-corrected chi connectivity index (χ2v) is 5.84. The molecule has 0 N–H and O–H groups in total. The van der Waals surface area contributed by atoms with E-state index in [4.69, 9.17) is 0 Å². The maximum atomic E-state index is 12.3. The number of fused-ring (bicyclic) bond motifs is 1. The van der Waals surface area contributed by atoms with Gasteiger partial charge in [-0.25, -0.2) is 3.89 Å². The summed E-state index contributed by atoms with van der Waals surface area (Å²) in [5.41, 5.74) is 1.03. The number of carbonyl (C=O) groups excluding carboxylic acids is 2. The number of hydrogen-bond acceptors (Lipinski definition) is 3. The Hall–Kier alpha value is -1.04. The zero-order chi connectivity index (χ0) is 14.0. The van der Waals surface area contributed by atoms with Crippen LogP contribution in [0.1, 0.15) is 41.5 Å². The van der Waals surface area contributed by atoms with Crippen LogP contribution in [-0.4, -0.2) is 39.6 Å². The van der Waals surface area contributed by atoms with Gasteiger partial charge in [-0.2, -0.15) is 4.31 Å². The van der Waals surface area contributed by atoms with Crippen molar-refractivity contribution in [2.45, 2.75) is 20.8 Å². The Balaban J connectivity index is 0.00000200. The van der Waals surface area contributed by atoms with Crippen LogP contribution >= 0.6 is 12.1 Å². The largest absolute Gasteiger partial charge is 1.00 e. The first-order valence-corrected chi connectivity index (χ1v) is 7.35. The number of rotatable bonds is 5. The van der Waals surface area contributed by atoms with E-state index in [1.54, 1.807) is 24.3 Å². The van der Waals surface area contributed by atoms with E-state index < -0.39 is 0 Å². The van der Waals surface area contributed by atoms with Crippen molar-refractivity contribution < 1.29 is 25.9 Å². The lowest BCUT2D eigenvalue weighted by molar-refractivity contribution is -0.791. The van der Waals surface area contributed by atoms with Crippen LogP contribution in [0.15, 0.2) is 24.3 Å². The van der Waals surface area contributed by atoms with Gasteiger partial charge in [0.05, 0.1) is 30.8 Å². The van der Waals surface area contributed by atoms with Gasteiger partial charge in [0.25, 0.3) is 11.8 Å². The van der Waals surface area contributed by atoms with Gasteiger partial charge in [0.15, 0.2) is 0 Å². The van der Waals surface area contributed by atoms with Gasteiger partial charge in [0, 0.05) is 0 Å². The van der Waals surface area contributed by atoms with Crippen molar-refractivity contribution in [3.8, 4) is 0 Å². The summed E-state index contributed by atoms with van der Waals surface area (Å²) in [7, 11) is 0. The number of hydrogen-bond donors (Lipinski definition) is 0. The van der Waals surface area contributed by atoms with Gasteiger partial charge in [-0.05, 0) is 32.9 Å². The second-order valence-electron chi connectivity index (χ2n) is 4.54. The molecule has 0 saturated heterocycles. The molecule has 1 heterocycles. The molecule has 0 fully saturated rings. The normalized spacial score (nSPS) is 14.2. The van der Waals surface area contributed by atoms with Gasteiger partial charge < -0.3 is 12.4 Å². The Kier molecular flexibility index (Phi) is 5.62. The number of carbonyl (C=O) groups is 2. The Labute approximate surface area is 130 Å². The summed E-state index contributed by atoms with van der Waals surface area (Å²) >= 11 is 1.34. The van der Waals surface area contributed by atoms with Gasteiger partial charge in [0.1, 0.15) is 0 Å². The zero-order valence-electron chi connectivity index (χ0n) is 11.9. The van der Waals surface area contributed by atoms with E-state index in [2.05, 4.69) is 20.8 Å². The molecule has 0 spiro atoms. The summed E-state index contributed by atoms with van der Waals surface area (Å²) in [5, 5.41) is 0. The standard InChI is InChI=1S/C14H19N2O2S.ClH/c1-4-16(5-2,6-3)19-15-13(17)11-9-7-8-10-12(11)14(15)18;/h7-10H,4-6H2,1-3H3;1H/q+1;/p-1. The van der Waals surface area contributed by atoms with Gasteiger partial charge >= 0.3 is 0 Å². The Bertz CT molecular complexity index is 474. The predicted octanol–water partition coefficient (Wildman–Crippen LogP) is -0.274. The molecule has 0 bridgehead atoms. The van der Waals surface area contributed by atoms with Crippen molar-refractivity contribution in [1.82, 2.24) is 4.31 Å². The molecule has 0 unspecified atom stereocenters. The monoisotopic (exact) mass is 314 g/mol. The summed E-state index contributed by atoms with van der Waals surface area (Å²) in [6.45, 7) is 8.88. The Morgan fingerprint density at radius 1 is 0.950 bits per heavy atom. The highest BCUT2D eigenvalue weighted by atomic mass is 35.5. The predicted molar refractivity (Wildman–Crippen MR) is 76.4 cm³/mol. The van der Waals surface area contributed by atoms with Crippen LogP contribution < -0.4 is 12.4 Å². The molecule has 0 saturated carbocycles. The van der Waals surface area contributed by atoms with E-state index in [9.17, 15) is 9.59 Å². The van der Waals surface area contributed by atoms with Crippen LogP contribution in [0.3, 0.4) is 0 Å². The fourth-order valence-electron chi connectivity index (χ4n) is 2.26. The third kappa shape index (κ3) is 2.71. The van der Waals surface area contributed by atoms with E-state index in [0.29, 0.717) is 15.0 Å². The van der Waals surface area contributed by atoms with E-state index in [-0.39, 0.29) is 24.2 Å². The number of benzene rings is 1. The average molecular weight is 315 g/mol. The fraction of sp³-hybridized carbons (Fsp3) is 0.429. The molecule has 2 amide bonds. The zero-order valence-corrected chi connectivity index (χ0v) is 13.5. The van der Waals surface area contributed by atoms with Gasteiger partial charge in [-0.15, -0.1) is 0 Å². The number of quaternary nitrogens is 1. The molecule has 20 heavy (non-hydrogen) atoms. The van der Waals surface area contributed by atoms with Crippen molar-refractivity contribution >= 4 is 23.9 Å². The van der Waals surface area contributed by atoms with Gasteiger partial charge in [-0.3, -0.25) is 9.59 Å². The Morgan fingerprint density at radius 2 is 1.35 bits per heavy atom. The lowest BCUT2D eigenvalue weighted by Crippen LogP contribution is -3.00. The lowest BCUT2D eigenvalue weighted by atomic mass is 10.1. The Morgan fingerprint density at radius 3 is 1.70 bits per heavy atom. The SMILES string of the molecule is CC[N+](CC)(CC)SN1C(=O)c2ccccc2C1=O.[Cl-]. The smallest absolute Gasteiger partial charge is 0.275 e. The summed E-state index contributed by atoms with van der Waals surface area (Å²) < 4.78 is 1.99. The van der Waals surface area contributed by atoms with Gasteiger partial charge in [0.2, 0.25) is 12.1 Å². The first-order chi connectivity index (χ1) is 9.08. The molecule has 1 aliphatic heterocycles. The molecule has 1 aliphatic rings. The fourth-order valence-corrected chi connectivity index (χ4v) is 3.30. The first kappa shape index (κ1) is 17.0. The highest BCUT2D eigenvalue weighted by Gasteiger charge is 2.42. The number of halogens is 1. The molecule has 6 heteroatoms. The van der Waals surface area contributed by atoms with E-state index >= 15 is 0 Å². The van der Waals surface area contributed by atoms with Crippen molar-refractivity contribution in [2.24, 2.45) is 0 Å². The molecule has 1 aromatic carbocycles. The second kappa shape index (κ2) is 6.61. The quantitative estimate of drug-likeness (QED) is 0.426. The molecule has 2 rings (SSSR count). The van der Waals surface area contributed by atoms with Crippen molar-refractivity contribution in [1.29, 1.82) is 0 Å². The molecular formula is C14H19ClN2O2S. The summed E-state index contributed by atoms with van der Waals surface area (Å²) in [4.78, 5) is 24.6. The third-order valence-electron chi connectivity index (χ3n) is 3.74. The van der Waals surface area contributed by atoms with Crippen LogP contribution in [-0.2, 0) is 0 Å². The maximum Gasteiger partial charge on any atom is 0.275 e. The average Bonchev–Trinajstić information content (AvgIpc) is 2.70. The third-order valence-corrected chi connectivity index (χ3v) is 5.36.